The fraction of sp³-hybridized carbons (Fsp3) is 0.625. The Morgan fingerprint density at radius 3 is 2.76 bits per heavy atom. The van der Waals surface area contributed by atoms with Crippen molar-refractivity contribution in [2.45, 2.75) is 52.5 Å². The fourth-order valence-corrected chi connectivity index (χ4v) is 3.38. The quantitative estimate of drug-likeness (QED) is 0.815. The number of aryl methyl sites for hydroxylation is 2. The van der Waals surface area contributed by atoms with Crippen LogP contribution >= 0.6 is 11.3 Å². The lowest BCUT2D eigenvalue weighted by Crippen LogP contribution is -2.32. The Kier molecular flexibility index (Phi) is 5.94. The number of hydrogen-bond acceptors (Lipinski definition) is 4. The van der Waals surface area contributed by atoms with Crippen LogP contribution in [0.5, 0.6) is 0 Å². The van der Waals surface area contributed by atoms with Gasteiger partial charge in [-0.15, -0.1) is 11.3 Å². The average molecular weight is 306 g/mol. The van der Waals surface area contributed by atoms with Crippen LogP contribution in [0.1, 0.15) is 41.6 Å². The van der Waals surface area contributed by atoms with Crippen LogP contribution < -0.4 is 5.32 Å². The maximum Gasteiger partial charge on any atom is 0.0794 e. The van der Waals surface area contributed by atoms with E-state index < -0.39 is 0 Å². The second kappa shape index (κ2) is 7.71. The van der Waals surface area contributed by atoms with E-state index >= 15 is 0 Å². The number of nitrogens with one attached hydrogen (secondary N) is 1. The molecular weight excluding hydrogens is 280 g/mol. The standard InChI is InChI=1S/C16H26N4S/c1-5-8-18-14(9-15-10-17-11-21-15)6-7-16-12(2)19-20(4)13(16)3/h10-11,14,18H,5-9H2,1-4H3. The number of nitrogens with zero attached hydrogens (tertiary/aromatic N) is 3. The molecule has 0 bridgehead atoms. The molecule has 0 aliphatic carbocycles. The van der Waals surface area contributed by atoms with Gasteiger partial charge in [-0.3, -0.25) is 9.67 Å². The van der Waals surface area contributed by atoms with E-state index in [1.807, 2.05) is 23.4 Å². The Labute approximate surface area is 131 Å². The first-order valence-corrected chi connectivity index (χ1v) is 8.59. The van der Waals surface area contributed by atoms with E-state index in [0.29, 0.717) is 6.04 Å². The Morgan fingerprint density at radius 1 is 1.38 bits per heavy atom. The minimum Gasteiger partial charge on any atom is -0.314 e. The molecule has 0 radical (unpaired) electrons. The third kappa shape index (κ3) is 4.38. The zero-order valence-corrected chi connectivity index (χ0v) is 14.3. The summed E-state index contributed by atoms with van der Waals surface area (Å²) in [5, 5.41) is 8.19. The van der Waals surface area contributed by atoms with Crippen molar-refractivity contribution in [1.82, 2.24) is 20.1 Å². The fourth-order valence-electron chi connectivity index (χ4n) is 2.71. The van der Waals surface area contributed by atoms with Gasteiger partial charge in [-0.05, 0) is 51.6 Å². The van der Waals surface area contributed by atoms with Gasteiger partial charge in [0.1, 0.15) is 0 Å². The van der Waals surface area contributed by atoms with Crippen molar-refractivity contribution in [3.05, 3.63) is 33.5 Å². The van der Waals surface area contributed by atoms with Gasteiger partial charge in [0.05, 0.1) is 11.2 Å². The van der Waals surface area contributed by atoms with E-state index in [2.05, 4.69) is 36.2 Å². The van der Waals surface area contributed by atoms with Gasteiger partial charge in [-0.2, -0.15) is 5.10 Å². The summed E-state index contributed by atoms with van der Waals surface area (Å²) < 4.78 is 1.99. The van der Waals surface area contributed by atoms with Gasteiger partial charge in [-0.1, -0.05) is 6.92 Å². The summed E-state index contributed by atoms with van der Waals surface area (Å²) in [7, 11) is 2.02. The van der Waals surface area contributed by atoms with E-state index in [1.54, 1.807) is 11.3 Å². The highest BCUT2D eigenvalue weighted by atomic mass is 32.1. The van der Waals surface area contributed by atoms with E-state index in [0.717, 1.165) is 25.8 Å². The number of aromatic nitrogens is 3. The van der Waals surface area contributed by atoms with Crippen molar-refractivity contribution < 1.29 is 0 Å². The van der Waals surface area contributed by atoms with E-state index in [-0.39, 0.29) is 0 Å². The molecule has 0 aliphatic rings. The van der Waals surface area contributed by atoms with Gasteiger partial charge in [-0.25, -0.2) is 0 Å². The summed E-state index contributed by atoms with van der Waals surface area (Å²) in [6, 6.07) is 0.518. The maximum absolute atomic E-state index is 4.51. The molecule has 0 amide bonds. The molecule has 4 nitrogen and oxygen atoms in total. The Morgan fingerprint density at radius 2 is 2.19 bits per heavy atom. The minimum absolute atomic E-state index is 0.518. The van der Waals surface area contributed by atoms with Crippen LogP contribution in [0.25, 0.3) is 0 Å². The van der Waals surface area contributed by atoms with Crippen LogP contribution in [0.3, 0.4) is 0 Å². The number of thiazole rings is 1. The maximum atomic E-state index is 4.51. The second-order valence-corrected chi connectivity index (χ2v) is 6.61. The highest BCUT2D eigenvalue weighted by Crippen LogP contribution is 2.17. The average Bonchev–Trinajstić information content (AvgIpc) is 3.04. The first kappa shape index (κ1) is 16.2. The molecule has 1 N–H and O–H groups in total. The molecule has 1 atom stereocenters. The monoisotopic (exact) mass is 306 g/mol. The van der Waals surface area contributed by atoms with Gasteiger partial charge in [0.25, 0.3) is 0 Å². The summed E-state index contributed by atoms with van der Waals surface area (Å²) in [6.07, 6.45) is 6.47. The van der Waals surface area contributed by atoms with Crippen molar-refractivity contribution >= 4 is 11.3 Å². The third-order valence-corrected chi connectivity index (χ3v) is 4.82. The molecule has 0 saturated heterocycles. The van der Waals surface area contributed by atoms with Crippen LogP contribution in [0.15, 0.2) is 11.7 Å². The molecule has 2 heterocycles. The summed E-state index contributed by atoms with van der Waals surface area (Å²) >= 11 is 1.75. The summed E-state index contributed by atoms with van der Waals surface area (Å²) in [5.74, 6) is 0. The smallest absolute Gasteiger partial charge is 0.0794 e. The first-order valence-electron chi connectivity index (χ1n) is 7.71. The summed E-state index contributed by atoms with van der Waals surface area (Å²) in [6.45, 7) is 7.56. The Balaban J connectivity index is 1.97. The van der Waals surface area contributed by atoms with Crippen LogP contribution in [-0.2, 0) is 19.9 Å². The van der Waals surface area contributed by atoms with Crippen LogP contribution in [0.4, 0.5) is 0 Å². The normalized spacial score (nSPS) is 12.8. The molecule has 0 aromatic carbocycles. The van der Waals surface area contributed by atoms with Crippen molar-refractivity contribution in [3.63, 3.8) is 0 Å². The van der Waals surface area contributed by atoms with Crippen LogP contribution in [0, 0.1) is 13.8 Å². The summed E-state index contributed by atoms with van der Waals surface area (Å²) in [5.41, 5.74) is 5.79. The molecule has 2 aromatic heterocycles. The van der Waals surface area contributed by atoms with Gasteiger partial charge in [0, 0.05) is 29.9 Å². The van der Waals surface area contributed by atoms with Gasteiger partial charge in [0.15, 0.2) is 0 Å². The molecule has 0 saturated carbocycles. The molecule has 0 fully saturated rings. The predicted octanol–water partition coefficient (Wildman–Crippen LogP) is 3.04. The zero-order valence-electron chi connectivity index (χ0n) is 13.5. The van der Waals surface area contributed by atoms with Crippen LogP contribution in [0.2, 0.25) is 0 Å². The molecule has 116 valence electrons. The largest absolute Gasteiger partial charge is 0.314 e. The second-order valence-electron chi connectivity index (χ2n) is 5.63. The lowest BCUT2D eigenvalue weighted by Gasteiger charge is -2.17. The summed E-state index contributed by atoms with van der Waals surface area (Å²) in [4.78, 5) is 5.55. The third-order valence-electron chi connectivity index (χ3n) is 4.02. The Hall–Kier alpha value is -1.20. The van der Waals surface area contributed by atoms with E-state index in [4.69, 9.17) is 0 Å². The topological polar surface area (TPSA) is 42.7 Å². The first-order chi connectivity index (χ1) is 10.1. The molecule has 2 aromatic rings. The van der Waals surface area contributed by atoms with Crippen molar-refractivity contribution in [3.8, 4) is 0 Å². The highest BCUT2D eigenvalue weighted by molar-refractivity contribution is 7.09. The SMILES string of the molecule is CCCNC(CCc1c(C)nn(C)c1C)Cc1cncs1. The van der Waals surface area contributed by atoms with Crippen molar-refractivity contribution in [2.24, 2.45) is 7.05 Å². The molecule has 1 unspecified atom stereocenters. The van der Waals surface area contributed by atoms with Crippen molar-refractivity contribution in [1.29, 1.82) is 0 Å². The molecule has 5 heteroatoms. The van der Waals surface area contributed by atoms with E-state index in [9.17, 15) is 0 Å². The van der Waals surface area contributed by atoms with Gasteiger partial charge in [0.2, 0.25) is 0 Å². The lowest BCUT2D eigenvalue weighted by molar-refractivity contribution is 0.479. The number of hydrogen-bond donors (Lipinski definition) is 1. The Bertz CT molecular complexity index is 545. The number of rotatable bonds is 8. The predicted molar refractivity (Wildman–Crippen MR) is 88.9 cm³/mol. The highest BCUT2D eigenvalue weighted by Gasteiger charge is 2.14. The van der Waals surface area contributed by atoms with E-state index in [1.165, 1.54) is 28.2 Å². The minimum atomic E-state index is 0.518. The zero-order chi connectivity index (χ0) is 15.2. The van der Waals surface area contributed by atoms with Gasteiger partial charge < -0.3 is 5.32 Å². The molecule has 21 heavy (non-hydrogen) atoms. The molecule has 0 aliphatic heterocycles. The molecule has 2 rings (SSSR count). The van der Waals surface area contributed by atoms with Gasteiger partial charge >= 0.3 is 0 Å². The molecule has 0 spiro atoms. The van der Waals surface area contributed by atoms with Crippen LogP contribution in [-0.4, -0.2) is 27.4 Å². The lowest BCUT2D eigenvalue weighted by atomic mass is 10.0. The molecular formula is C16H26N4S. The van der Waals surface area contributed by atoms with Crippen molar-refractivity contribution in [2.75, 3.05) is 6.54 Å².